The zero-order valence-electron chi connectivity index (χ0n) is 12.0. The first kappa shape index (κ1) is 15.5. The highest BCUT2D eigenvalue weighted by atomic mass is 16.4. The van der Waals surface area contributed by atoms with Gasteiger partial charge in [0.1, 0.15) is 0 Å². The van der Waals surface area contributed by atoms with Gasteiger partial charge in [-0.3, -0.25) is 0 Å². The van der Waals surface area contributed by atoms with Crippen LogP contribution in [0.4, 0.5) is 0 Å². The van der Waals surface area contributed by atoms with E-state index < -0.39 is 11.9 Å². The van der Waals surface area contributed by atoms with Crippen LogP contribution in [0.2, 0.25) is 0 Å². The third kappa shape index (κ3) is 3.23. The normalized spacial score (nSPS) is 10.4. The predicted octanol–water partition coefficient (Wildman–Crippen LogP) is 3.21. The predicted molar refractivity (Wildman–Crippen MR) is 84.9 cm³/mol. The summed E-state index contributed by atoms with van der Waals surface area (Å²) in [5.41, 5.74) is 1.68. The average Bonchev–Trinajstić information content (AvgIpc) is 2.49. The second-order valence-electron chi connectivity index (χ2n) is 5.10. The molecule has 2 rings (SSSR count). The van der Waals surface area contributed by atoms with Crippen molar-refractivity contribution in [3.05, 3.63) is 71.8 Å². The van der Waals surface area contributed by atoms with Crippen LogP contribution < -0.4 is 0 Å². The molecule has 0 saturated carbocycles. The topological polar surface area (TPSA) is 74.6 Å². The van der Waals surface area contributed by atoms with Crippen molar-refractivity contribution >= 4 is 22.7 Å². The molecular formula is C18H16O4. The molecule has 2 aromatic carbocycles. The molecule has 2 N–H and O–H groups in total. The number of fused-ring (bicyclic) bond motifs is 1. The van der Waals surface area contributed by atoms with Gasteiger partial charge in [-0.15, -0.1) is 0 Å². The fourth-order valence-electron chi connectivity index (χ4n) is 2.35. The molecule has 0 aliphatic heterocycles. The van der Waals surface area contributed by atoms with Crippen LogP contribution in [0.3, 0.4) is 0 Å². The van der Waals surface area contributed by atoms with Crippen LogP contribution in [-0.4, -0.2) is 22.2 Å². The lowest BCUT2D eigenvalue weighted by atomic mass is 9.91. The number of hydrogen-bond donors (Lipinski definition) is 2. The largest absolute Gasteiger partial charge is 0.478 e. The van der Waals surface area contributed by atoms with Gasteiger partial charge in [0.05, 0.1) is 0 Å². The molecule has 0 saturated heterocycles. The summed E-state index contributed by atoms with van der Waals surface area (Å²) in [6.07, 6.45) is 0.335. The molecule has 22 heavy (non-hydrogen) atoms. The number of aliphatic carboxylic acids is 2. The Morgan fingerprint density at radius 1 is 0.864 bits per heavy atom. The molecule has 2 aromatic rings. The van der Waals surface area contributed by atoms with Gasteiger partial charge in [0.2, 0.25) is 0 Å². The molecule has 4 nitrogen and oxygen atoms in total. The van der Waals surface area contributed by atoms with Crippen molar-refractivity contribution in [2.24, 2.45) is 0 Å². The van der Waals surface area contributed by atoms with Gasteiger partial charge >= 0.3 is 11.9 Å². The van der Waals surface area contributed by atoms with Crippen LogP contribution in [0.5, 0.6) is 0 Å². The van der Waals surface area contributed by atoms with Crippen molar-refractivity contribution in [1.82, 2.24) is 0 Å². The maximum absolute atomic E-state index is 11.1. The molecule has 0 bridgehead atoms. The van der Waals surface area contributed by atoms with Crippen molar-refractivity contribution in [1.29, 1.82) is 0 Å². The molecule has 0 fully saturated rings. The Balaban J connectivity index is 2.54. The molecular weight excluding hydrogens is 280 g/mol. The second kappa shape index (κ2) is 6.26. The lowest BCUT2D eigenvalue weighted by Crippen LogP contribution is -2.08. The Labute approximate surface area is 128 Å². The smallest absolute Gasteiger partial charge is 0.331 e. The van der Waals surface area contributed by atoms with E-state index in [9.17, 15) is 9.59 Å². The van der Waals surface area contributed by atoms with Gasteiger partial charge in [-0.2, -0.15) is 0 Å². The fourth-order valence-corrected chi connectivity index (χ4v) is 2.35. The van der Waals surface area contributed by atoms with Crippen molar-refractivity contribution in [3.8, 4) is 0 Å². The molecule has 0 amide bonds. The van der Waals surface area contributed by atoms with Crippen LogP contribution in [-0.2, 0) is 22.4 Å². The second-order valence-corrected chi connectivity index (χ2v) is 5.10. The van der Waals surface area contributed by atoms with E-state index >= 15 is 0 Å². The third-order valence-electron chi connectivity index (χ3n) is 3.54. The number of carboxylic acids is 2. The third-order valence-corrected chi connectivity index (χ3v) is 3.54. The quantitative estimate of drug-likeness (QED) is 0.803. The Morgan fingerprint density at radius 2 is 1.45 bits per heavy atom. The Hall–Kier alpha value is -2.88. The molecule has 0 atom stereocenters. The van der Waals surface area contributed by atoms with Crippen LogP contribution in [0.1, 0.15) is 11.1 Å². The summed E-state index contributed by atoms with van der Waals surface area (Å²) in [6, 6.07) is 11.3. The lowest BCUT2D eigenvalue weighted by Gasteiger charge is -2.13. The van der Waals surface area contributed by atoms with Gasteiger partial charge in [-0.1, -0.05) is 49.6 Å². The van der Waals surface area contributed by atoms with Gasteiger partial charge in [-0.25, -0.2) is 9.59 Å². The Bertz CT molecular complexity index is 787. The minimum atomic E-state index is -1.06. The monoisotopic (exact) mass is 296 g/mol. The van der Waals surface area contributed by atoms with E-state index in [4.69, 9.17) is 10.2 Å². The van der Waals surface area contributed by atoms with Crippen LogP contribution in [0.15, 0.2) is 60.7 Å². The Kier molecular flexibility index (Phi) is 4.41. The van der Waals surface area contributed by atoms with E-state index in [0.717, 1.165) is 21.9 Å². The molecule has 112 valence electrons. The number of benzene rings is 2. The molecule has 0 spiro atoms. The van der Waals surface area contributed by atoms with Crippen molar-refractivity contribution in [2.45, 2.75) is 12.8 Å². The summed E-state index contributed by atoms with van der Waals surface area (Å²) in [5, 5.41) is 19.9. The summed E-state index contributed by atoms with van der Waals surface area (Å²) in [4.78, 5) is 22.1. The summed E-state index contributed by atoms with van der Waals surface area (Å²) < 4.78 is 0. The molecule has 0 aliphatic rings. The molecule has 0 heterocycles. The SMILES string of the molecule is C=C(Cc1ccc2ccccc2c1CC(=C)C(=O)O)C(=O)O. The van der Waals surface area contributed by atoms with E-state index in [1.54, 1.807) is 0 Å². The molecule has 0 unspecified atom stereocenters. The van der Waals surface area contributed by atoms with E-state index in [1.807, 2.05) is 36.4 Å². The zero-order valence-corrected chi connectivity index (χ0v) is 12.0. The highest BCUT2D eigenvalue weighted by molar-refractivity contribution is 5.92. The number of rotatable bonds is 6. The van der Waals surface area contributed by atoms with E-state index in [2.05, 4.69) is 13.2 Å². The summed E-state index contributed by atoms with van der Waals surface area (Å²) in [6.45, 7) is 7.12. The fraction of sp³-hybridized carbons (Fsp3) is 0.111. The van der Waals surface area contributed by atoms with Crippen LogP contribution in [0, 0.1) is 0 Å². The van der Waals surface area contributed by atoms with Crippen molar-refractivity contribution in [3.63, 3.8) is 0 Å². The van der Waals surface area contributed by atoms with Crippen molar-refractivity contribution < 1.29 is 19.8 Å². The maximum Gasteiger partial charge on any atom is 0.331 e. The van der Waals surface area contributed by atoms with Gasteiger partial charge in [-0.05, 0) is 21.9 Å². The summed E-state index contributed by atoms with van der Waals surface area (Å²) in [5.74, 6) is -2.12. The van der Waals surface area contributed by atoms with E-state index in [1.165, 1.54) is 0 Å². The van der Waals surface area contributed by atoms with Gasteiger partial charge < -0.3 is 10.2 Å². The van der Waals surface area contributed by atoms with Crippen LogP contribution >= 0.6 is 0 Å². The minimum absolute atomic E-state index is 0.0671. The lowest BCUT2D eigenvalue weighted by molar-refractivity contribution is -0.133. The van der Waals surface area contributed by atoms with E-state index in [-0.39, 0.29) is 24.0 Å². The maximum atomic E-state index is 11.1. The standard InChI is InChI=1S/C18H16O4/c1-11(17(19)20)9-14-8-7-13-5-3-4-6-15(13)16(14)10-12(2)18(21)22/h3-8H,1-2,9-10H2,(H,19,20)(H,21,22). The highest BCUT2D eigenvalue weighted by Crippen LogP contribution is 2.26. The first-order chi connectivity index (χ1) is 10.4. The molecule has 0 aliphatic carbocycles. The van der Waals surface area contributed by atoms with Gasteiger partial charge in [0, 0.05) is 24.0 Å². The summed E-state index contributed by atoms with van der Waals surface area (Å²) >= 11 is 0. The van der Waals surface area contributed by atoms with Gasteiger partial charge in [0.15, 0.2) is 0 Å². The summed E-state index contributed by atoms with van der Waals surface area (Å²) in [7, 11) is 0. The molecule has 4 heteroatoms. The highest BCUT2D eigenvalue weighted by Gasteiger charge is 2.15. The minimum Gasteiger partial charge on any atom is -0.478 e. The first-order valence-electron chi connectivity index (χ1n) is 6.71. The number of carboxylic acid groups (broad SMARTS) is 2. The van der Waals surface area contributed by atoms with Crippen molar-refractivity contribution in [2.75, 3.05) is 0 Å². The molecule has 0 aromatic heterocycles. The Morgan fingerprint density at radius 3 is 2.09 bits per heavy atom. The first-order valence-corrected chi connectivity index (χ1v) is 6.71. The number of hydrogen-bond acceptors (Lipinski definition) is 2. The zero-order chi connectivity index (χ0) is 16.3. The van der Waals surface area contributed by atoms with Gasteiger partial charge in [0.25, 0.3) is 0 Å². The number of carbonyl (C=O) groups is 2. The average molecular weight is 296 g/mol. The van der Waals surface area contributed by atoms with Crippen LogP contribution in [0.25, 0.3) is 10.8 Å². The van der Waals surface area contributed by atoms with E-state index in [0.29, 0.717) is 0 Å². The molecule has 0 radical (unpaired) electrons.